The predicted molar refractivity (Wildman–Crippen MR) is 81.7 cm³/mol. The van der Waals surface area contributed by atoms with E-state index in [9.17, 15) is 4.79 Å². The number of carbonyl (C=O) groups is 1. The molecule has 1 aliphatic rings. The highest BCUT2D eigenvalue weighted by Gasteiger charge is 2.20. The van der Waals surface area contributed by atoms with Gasteiger partial charge >= 0.3 is 0 Å². The Labute approximate surface area is 122 Å². The third-order valence-electron chi connectivity index (χ3n) is 3.72. The lowest BCUT2D eigenvalue weighted by molar-refractivity contribution is -0.130. The largest absolute Gasteiger partial charge is 0.339 e. The number of hydrogen-bond acceptors (Lipinski definition) is 4. The molecule has 20 heavy (non-hydrogen) atoms. The quantitative estimate of drug-likeness (QED) is 0.940. The van der Waals surface area contributed by atoms with Crippen LogP contribution in [0.1, 0.15) is 24.3 Å². The van der Waals surface area contributed by atoms with Gasteiger partial charge in [0.2, 0.25) is 5.91 Å². The van der Waals surface area contributed by atoms with Gasteiger partial charge in [0.05, 0.1) is 16.8 Å². The van der Waals surface area contributed by atoms with E-state index in [1.807, 2.05) is 25.2 Å². The summed E-state index contributed by atoms with van der Waals surface area (Å²) in [4.78, 5) is 18.5. The maximum absolute atomic E-state index is 12.2. The lowest BCUT2D eigenvalue weighted by Gasteiger charge is -2.18. The van der Waals surface area contributed by atoms with E-state index >= 15 is 0 Å². The third-order valence-corrected chi connectivity index (χ3v) is 4.74. The molecule has 1 N–H and O–H groups in total. The van der Waals surface area contributed by atoms with Gasteiger partial charge in [-0.1, -0.05) is 12.1 Å². The fraction of sp³-hybridized carbons (Fsp3) is 0.467. The monoisotopic (exact) mass is 289 g/mol. The Hall–Kier alpha value is -1.46. The van der Waals surface area contributed by atoms with Gasteiger partial charge < -0.3 is 10.2 Å². The van der Waals surface area contributed by atoms with Crippen molar-refractivity contribution in [3.05, 3.63) is 29.3 Å². The Kier molecular flexibility index (Phi) is 3.98. The van der Waals surface area contributed by atoms with Gasteiger partial charge in [-0.2, -0.15) is 0 Å². The molecule has 0 unspecified atom stereocenters. The van der Waals surface area contributed by atoms with Crippen LogP contribution in [0.3, 0.4) is 0 Å². The number of para-hydroxylation sites is 1. The van der Waals surface area contributed by atoms with Gasteiger partial charge in [-0.15, -0.1) is 11.3 Å². The molecule has 3 rings (SSSR count). The minimum Gasteiger partial charge on any atom is -0.339 e. The minimum absolute atomic E-state index is 0.198. The average Bonchev–Trinajstić information content (AvgIpc) is 3.06. The van der Waals surface area contributed by atoms with Crippen LogP contribution in [0.15, 0.2) is 24.3 Å². The summed E-state index contributed by atoms with van der Waals surface area (Å²) in [7, 11) is 1.86. The van der Waals surface area contributed by atoms with Crippen molar-refractivity contribution in [2.75, 3.05) is 13.6 Å². The van der Waals surface area contributed by atoms with E-state index in [2.05, 4.69) is 16.4 Å². The lowest BCUT2D eigenvalue weighted by Crippen LogP contribution is -2.33. The molecule has 1 aliphatic heterocycles. The topological polar surface area (TPSA) is 45.2 Å². The summed E-state index contributed by atoms with van der Waals surface area (Å²) in [5.41, 5.74) is 1.02. The fourth-order valence-corrected chi connectivity index (χ4v) is 3.60. The number of benzene rings is 1. The first-order valence-electron chi connectivity index (χ1n) is 7.04. The second kappa shape index (κ2) is 5.89. The summed E-state index contributed by atoms with van der Waals surface area (Å²) in [6.45, 7) is 1.64. The minimum atomic E-state index is 0.198. The molecule has 2 heterocycles. The van der Waals surface area contributed by atoms with Gasteiger partial charge in [-0.3, -0.25) is 4.79 Å². The maximum atomic E-state index is 12.2. The number of carbonyl (C=O) groups excluding carboxylic acids is 1. The summed E-state index contributed by atoms with van der Waals surface area (Å²) in [6.07, 6.45) is 2.89. The smallest absolute Gasteiger partial charge is 0.224 e. The molecule has 1 amide bonds. The highest BCUT2D eigenvalue weighted by Crippen LogP contribution is 2.22. The van der Waals surface area contributed by atoms with Crippen LogP contribution >= 0.6 is 11.3 Å². The van der Waals surface area contributed by atoms with Gasteiger partial charge in [0.25, 0.3) is 0 Å². The van der Waals surface area contributed by atoms with Crippen LogP contribution in [0.4, 0.5) is 0 Å². The summed E-state index contributed by atoms with van der Waals surface area (Å²) >= 11 is 1.67. The van der Waals surface area contributed by atoms with Crippen molar-refractivity contribution in [2.24, 2.45) is 0 Å². The molecule has 0 radical (unpaired) electrons. The second-order valence-electron chi connectivity index (χ2n) is 5.32. The number of hydrogen-bond donors (Lipinski definition) is 1. The average molecular weight is 289 g/mol. The molecular formula is C15H19N3OS. The predicted octanol–water partition coefficient (Wildman–Crippen LogP) is 2.40. The molecule has 0 saturated carbocycles. The summed E-state index contributed by atoms with van der Waals surface area (Å²) in [5, 5.41) is 4.37. The van der Waals surface area contributed by atoms with Gasteiger partial charge in [0.1, 0.15) is 5.01 Å². The summed E-state index contributed by atoms with van der Waals surface area (Å²) in [5.74, 6) is 0.198. The van der Waals surface area contributed by atoms with Crippen molar-refractivity contribution in [3.63, 3.8) is 0 Å². The van der Waals surface area contributed by atoms with E-state index in [4.69, 9.17) is 0 Å². The van der Waals surface area contributed by atoms with E-state index in [0.717, 1.165) is 23.5 Å². The van der Waals surface area contributed by atoms with Crippen LogP contribution in [0.25, 0.3) is 10.2 Å². The molecule has 0 aliphatic carbocycles. The highest BCUT2D eigenvalue weighted by atomic mass is 32.1. The Morgan fingerprint density at radius 2 is 2.35 bits per heavy atom. The van der Waals surface area contributed by atoms with Crippen LogP contribution in [0.2, 0.25) is 0 Å². The van der Waals surface area contributed by atoms with E-state index in [0.29, 0.717) is 19.0 Å². The number of rotatable bonds is 4. The van der Waals surface area contributed by atoms with E-state index in [1.165, 1.54) is 11.1 Å². The summed E-state index contributed by atoms with van der Waals surface area (Å²) < 4.78 is 1.18. The third kappa shape index (κ3) is 2.99. The molecule has 4 nitrogen and oxygen atoms in total. The molecule has 1 fully saturated rings. The van der Waals surface area contributed by atoms with E-state index in [-0.39, 0.29) is 5.91 Å². The molecule has 1 saturated heterocycles. The van der Waals surface area contributed by atoms with Crippen LogP contribution in [0.5, 0.6) is 0 Å². The molecule has 1 aromatic heterocycles. The number of nitrogens with one attached hydrogen (secondary N) is 1. The molecule has 0 bridgehead atoms. The number of nitrogens with zero attached hydrogens (tertiary/aromatic N) is 2. The Morgan fingerprint density at radius 3 is 3.10 bits per heavy atom. The van der Waals surface area contributed by atoms with Gasteiger partial charge in [-0.25, -0.2) is 4.98 Å². The molecular weight excluding hydrogens is 270 g/mol. The van der Waals surface area contributed by atoms with Crippen molar-refractivity contribution in [1.82, 2.24) is 15.2 Å². The van der Waals surface area contributed by atoms with Crippen LogP contribution in [0, 0.1) is 0 Å². The van der Waals surface area contributed by atoms with Gasteiger partial charge in [0, 0.05) is 19.5 Å². The molecule has 2 aromatic rings. The van der Waals surface area contributed by atoms with E-state index in [1.54, 1.807) is 16.2 Å². The first-order valence-corrected chi connectivity index (χ1v) is 7.86. The Bertz CT molecular complexity index is 571. The van der Waals surface area contributed by atoms with Crippen LogP contribution in [-0.2, 0) is 11.3 Å². The fourth-order valence-electron chi connectivity index (χ4n) is 2.58. The molecule has 106 valence electrons. The number of amides is 1. The standard InChI is InChI=1S/C15H19N3OS/c1-18(15(19)9-11-5-4-8-16-11)10-14-17-12-6-2-3-7-13(12)20-14/h2-3,6-7,11,16H,4-5,8-10H2,1H3/t11-/m1/s1. The molecule has 1 aromatic carbocycles. The number of thiazole rings is 1. The van der Waals surface area contributed by atoms with Crippen LogP contribution < -0.4 is 5.32 Å². The van der Waals surface area contributed by atoms with Crippen molar-refractivity contribution in [3.8, 4) is 0 Å². The van der Waals surface area contributed by atoms with Crippen molar-refractivity contribution in [2.45, 2.75) is 31.8 Å². The first kappa shape index (κ1) is 13.5. The molecule has 1 atom stereocenters. The van der Waals surface area contributed by atoms with E-state index < -0.39 is 0 Å². The number of aromatic nitrogens is 1. The SMILES string of the molecule is CN(Cc1nc2ccccc2s1)C(=O)C[C@H]1CCCN1. The zero-order valence-electron chi connectivity index (χ0n) is 11.6. The lowest BCUT2D eigenvalue weighted by atomic mass is 10.1. The normalized spacial score (nSPS) is 18.6. The summed E-state index contributed by atoms with van der Waals surface area (Å²) in [6, 6.07) is 8.46. The van der Waals surface area contributed by atoms with Crippen LogP contribution in [-0.4, -0.2) is 35.4 Å². The van der Waals surface area contributed by atoms with Crippen molar-refractivity contribution < 1.29 is 4.79 Å². The maximum Gasteiger partial charge on any atom is 0.224 e. The Morgan fingerprint density at radius 1 is 1.50 bits per heavy atom. The number of fused-ring (bicyclic) bond motifs is 1. The second-order valence-corrected chi connectivity index (χ2v) is 6.44. The Balaban J connectivity index is 1.62. The van der Waals surface area contributed by atoms with Crippen molar-refractivity contribution in [1.29, 1.82) is 0 Å². The van der Waals surface area contributed by atoms with Gasteiger partial charge in [-0.05, 0) is 31.5 Å². The van der Waals surface area contributed by atoms with Gasteiger partial charge in [0.15, 0.2) is 0 Å². The van der Waals surface area contributed by atoms with Crippen molar-refractivity contribution >= 4 is 27.5 Å². The molecule has 0 spiro atoms. The first-order chi connectivity index (χ1) is 9.72. The molecule has 5 heteroatoms. The zero-order valence-corrected chi connectivity index (χ0v) is 12.4. The zero-order chi connectivity index (χ0) is 13.9. The highest BCUT2D eigenvalue weighted by molar-refractivity contribution is 7.18.